The van der Waals surface area contributed by atoms with Gasteiger partial charge in [0.05, 0.1) is 9.26 Å². The Bertz CT molecular complexity index is 657. The van der Waals surface area contributed by atoms with Crippen molar-refractivity contribution < 1.29 is 4.39 Å². The highest BCUT2D eigenvalue weighted by Crippen LogP contribution is 2.19. The Morgan fingerprint density at radius 1 is 1.50 bits per heavy atom. The summed E-state index contributed by atoms with van der Waals surface area (Å²) in [5.41, 5.74) is 1.23. The third kappa shape index (κ3) is 2.89. The Kier molecular flexibility index (Phi) is 4.01. The van der Waals surface area contributed by atoms with Crippen LogP contribution < -0.4 is 5.56 Å². The number of nitrogens with zero attached hydrogens (tertiary/aromatic N) is 1. The van der Waals surface area contributed by atoms with E-state index >= 15 is 0 Å². The van der Waals surface area contributed by atoms with Crippen molar-refractivity contribution in [3.63, 3.8) is 0 Å². The molecule has 1 N–H and O–H groups in total. The molecule has 3 nitrogen and oxygen atoms in total. The zero-order valence-electron chi connectivity index (χ0n) is 9.43. The second kappa shape index (κ2) is 5.36. The van der Waals surface area contributed by atoms with E-state index in [-0.39, 0.29) is 11.4 Å². The maximum absolute atomic E-state index is 12.9. The number of aryl methyl sites for hydroxylation is 1. The highest BCUT2D eigenvalue weighted by molar-refractivity contribution is 14.1. The number of H-pyrrole nitrogens is 1. The summed E-state index contributed by atoms with van der Waals surface area (Å²) in [4.78, 5) is 18.6. The van der Waals surface area contributed by atoms with Gasteiger partial charge in [-0.15, -0.1) is 0 Å². The molecule has 0 unspecified atom stereocenters. The van der Waals surface area contributed by atoms with E-state index in [9.17, 15) is 9.18 Å². The first-order valence-electron chi connectivity index (χ1n) is 5.16. The van der Waals surface area contributed by atoms with Crippen LogP contribution in [0.4, 0.5) is 4.39 Å². The first-order chi connectivity index (χ1) is 8.47. The minimum absolute atomic E-state index is 0.170. The van der Waals surface area contributed by atoms with Gasteiger partial charge in [-0.2, -0.15) is 0 Å². The molecular formula is C12H9ClFIN2O. The van der Waals surface area contributed by atoms with Gasteiger partial charge in [-0.05, 0) is 47.2 Å². The molecule has 2 aromatic rings. The molecule has 1 heterocycles. The average Bonchev–Trinajstić information content (AvgIpc) is 2.29. The number of benzene rings is 1. The van der Waals surface area contributed by atoms with E-state index in [4.69, 9.17) is 11.6 Å². The van der Waals surface area contributed by atoms with Gasteiger partial charge in [0, 0.05) is 11.4 Å². The Labute approximate surface area is 122 Å². The van der Waals surface area contributed by atoms with E-state index in [1.807, 2.05) is 22.6 Å². The molecule has 18 heavy (non-hydrogen) atoms. The van der Waals surface area contributed by atoms with E-state index < -0.39 is 0 Å². The largest absolute Gasteiger partial charge is 0.309 e. The van der Waals surface area contributed by atoms with Crippen molar-refractivity contribution in [1.82, 2.24) is 9.97 Å². The zero-order chi connectivity index (χ0) is 13.3. The molecule has 0 saturated heterocycles. The quantitative estimate of drug-likeness (QED) is 0.817. The van der Waals surface area contributed by atoms with Crippen LogP contribution in [0.3, 0.4) is 0 Å². The number of nitrogens with one attached hydrogen (secondary N) is 1. The SMILES string of the molecule is Cc1nc(Cc2ccc(F)cc2Cl)[nH]c(=O)c1I. The molecule has 0 amide bonds. The molecule has 6 heteroatoms. The van der Waals surface area contributed by atoms with Gasteiger partial charge in [0.25, 0.3) is 5.56 Å². The summed E-state index contributed by atoms with van der Waals surface area (Å²) in [6.45, 7) is 1.77. The van der Waals surface area contributed by atoms with Crippen LogP contribution >= 0.6 is 34.2 Å². The Hall–Kier alpha value is -0.950. The predicted molar refractivity (Wildman–Crippen MR) is 76.5 cm³/mol. The first-order valence-corrected chi connectivity index (χ1v) is 6.62. The van der Waals surface area contributed by atoms with Crippen LogP contribution in [0.25, 0.3) is 0 Å². The number of hydrogen-bond donors (Lipinski definition) is 1. The molecule has 0 radical (unpaired) electrons. The summed E-state index contributed by atoms with van der Waals surface area (Å²) in [7, 11) is 0. The number of hydrogen-bond acceptors (Lipinski definition) is 2. The molecule has 0 aliphatic carbocycles. The second-order valence-corrected chi connectivity index (χ2v) is 5.31. The fourth-order valence-corrected chi connectivity index (χ4v) is 2.05. The molecular weight excluding hydrogens is 369 g/mol. The maximum Gasteiger partial charge on any atom is 0.264 e. The molecule has 0 saturated carbocycles. The molecule has 0 bridgehead atoms. The van der Waals surface area contributed by atoms with Crippen molar-refractivity contribution in [1.29, 1.82) is 0 Å². The highest BCUT2D eigenvalue weighted by Gasteiger charge is 2.08. The van der Waals surface area contributed by atoms with Crippen molar-refractivity contribution in [2.45, 2.75) is 13.3 Å². The van der Waals surface area contributed by atoms with Gasteiger partial charge < -0.3 is 4.98 Å². The van der Waals surface area contributed by atoms with Crippen LogP contribution in [-0.4, -0.2) is 9.97 Å². The third-order valence-electron chi connectivity index (χ3n) is 2.45. The number of aromatic amines is 1. The van der Waals surface area contributed by atoms with Crippen molar-refractivity contribution in [2.24, 2.45) is 0 Å². The van der Waals surface area contributed by atoms with Gasteiger partial charge in [-0.3, -0.25) is 4.79 Å². The monoisotopic (exact) mass is 378 g/mol. The molecule has 0 aliphatic rings. The van der Waals surface area contributed by atoms with Gasteiger partial charge >= 0.3 is 0 Å². The smallest absolute Gasteiger partial charge is 0.264 e. The van der Waals surface area contributed by atoms with Crippen molar-refractivity contribution >= 4 is 34.2 Å². The molecule has 0 fully saturated rings. The molecule has 2 rings (SSSR count). The summed E-state index contributed by atoms with van der Waals surface area (Å²) >= 11 is 7.87. The van der Waals surface area contributed by atoms with Gasteiger partial charge in [0.2, 0.25) is 0 Å². The molecule has 0 atom stereocenters. The van der Waals surface area contributed by atoms with E-state index in [0.29, 0.717) is 26.5 Å². The first kappa shape index (κ1) is 13.5. The lowest BCUT2D eigenvalue weighted by molar-refractivity contribution is 0.627. The third-order valence-corrected chi connectivity index (χ3v) is 4.07. The van der Waals surface area contributed by atoms with E-state index in [2.05, 4.69) is 9.97 Å². The van der Waals surface area contributed by atoms with Gasteiger partial charge in [-0.1, -0.05) is 17.7 Å². The van der Waals surface area contributed by atoms with E-state index in [1.165, 1.54) is 12.1 Å². The minimum Gasteiger partial charge on any atom is -0.309 e. The van der Waals surface area contributed by atoms with Gasteiger partial charge in [0.15, 0.2) is 0 Å². The summed E-state index contributed by atoms with van der Waals surface area (Å²) in [6, 6.07) is 4.17. The fraction of sp³-hybridized carbons (Fsp3) is 0.167. The number of aromatic nitrogens is 2. The number of halogens is 3. The summed E-state index contributed by atoms with van der Waals surface area (Å²) in [6.07, 6.45) is 0.367. The van der Waals surface area contributed by atoms with Crippen LogP contribution in [0.5, 0.6) is 0 Å². The van der Waals surface area contributed by atoms with Gasteiger partial charge in [0.1, 0.15) is 11.6 Å². The Morgan fingerprint density at radius 2 is 2.22 bits per heavy atom. The van der Waals surface area contributed by atoms with Crippen LogP contribution in [0.1, 0.15) is 17.1 Å². The topological polar surface area (TPSA) is 45.8 Å². The zero-order valence-corrected chi connectivity index (χ0v) is 12.3. The van der Waals surface area contributed by atoms with Crippen LogP contribution in [0.15, 0.2) is 23.0 Å². The Balaban J connectivity index is 2.37. The van der Waals surface area contributed by atoms with Crippen LogP contribution in [0.2, 0.25) is 5.02 Å². The molecule has 1 aromatic carbocycles. The van der Waals surface area contributed by atoms with Crippen LogP contribution in [-0.2, 0) is 6.42 Å². The minimum atomic E-state index is -0.385. The predicted octanol–water partition coefficient (Wildman–Crippen LogP) is 3.07. The highest BCUT2D eigenvalue weighted by atomic mass is 127. The summed E-state index contributed by atoms with van der Waals surface area (Å²) in [5, 5.41) is 0.328. The van der Waals surface area contributed by atoms with Crippen molar-refractivity contribution in [3.05, 3.63) is 60.0 Å². The summed E-state index contributed by atoms with van der Waals surface area (Å²) in [5.74, 6) is 0.135. The molecule has 0 spiro atoms. The molecule has 0 aliphatic heterocycles. The van der Waals surface area contributed by atoms with Crippen LogP contribution in [0, 0.1) is 16.3 Å². The van der Waals surface area contributed by atoms with Crippen molar-refractivity contribution in [3.8, 4) is 0 Å². The lowest BCUT2D eigenvalue weighted by Crippen LogP contribution is -2.16. The fourth-order valence-electron chi connectivity index (χ4n) is 1.56. The normalized spacial score (nSPS) is 10.7. The van der Waals surface area contributed by atoms with E-state index in [0.717, 1.165) is 5.56 Å². The number of rotatable bonds is 2. The van der Waals surface area contributed by atoms with Gasteiger partial charge in [-0.25, -0.2) is 9.37 Å². The lowest BCUT2D eigenvalue weighted by Gasteiger charge is -2.05. The standard InChI is InChI=1S/C12H9ClFIN2O/c1-6-11(15)12(18)17-10(16-6)4-7-2-3-8(14)5-9(7)13/h2-3,5H,4H2,1H3,(H,16,17,18). The molecule has 1 aromatic heterocycles. The van der Waals surface area contributed by atoms with E-state index in [1.54, 1.807) is 13.0 Å². The lowest BCUT2D eigenvalue weighted by atomic mass is 10.1. The molecule has 94 valence electrons. The maximum atomic E-state index is 12.9. The van der Waals surface area contributed by atoms with Crippen molar-refractivity contribution in [2.75, 3.05) is 0 Å². The second-order valence-electron chi connectivity index (χ2n) is 3.82. The summed E-state index contributed by atoms with van der Waals surface area (Å²) < 4.78 is 13.5. The Morgan fingerprint density at radius 3 is 2.83 bits per heavy atom. The average molecular weight is 379 g/mol.